The summed E-state index contributed by atoms with van der Waals surface area (Å²) in [6, 6.07) is 0. The number of hydrogen-bond acceptors (Lipinski definition) is 4. The van der Waals surface area contributed by atoms with Gasteiger partial charge in [-0.2, -0.15) is 0 Å². The molecule has 0 aromatic rings. The van der Waals surface area contributed by atoms with Gasteiger partial charge in [-0.1, -0.05) is 61.8 Å². The highest BCUT2D eigenvalue weighted by Crippen LogP contribution is 2.55. The third kappa shape index (κ3) is 6.26. The number of rotatable bonds is 10. The molecule has 198 valence electrons. The Morgan fingerprint density at radius 1 is 1.20 bits per heavy atom. The van der Waals surface area contributed by atoms with E-state index >= 15 is 0 Å². The van der Waals surface area contributed by atoms with Crippen LogP contribution < -0.4 is 0 Å². The van der Waals surface area contributed by atoms with Crippen LogP contribution in [0.4, 0.5) is 0 Å². The molecule has 35 heavy (non-hydrogen) atoms. The number of aldehydes is 1. The Hall–Kier alpha value is -1.49. The summed E-state index contributed by atoms with van der Waals surface area (Å²) in [6.07, 6.45) is 14.9. The van der Waals surface area contributed by atoms with Gasteiger partial charge in [0.1, 0.15) is 6.29 Å². The first-order valence-corrected chi connectivity index (χ1v) is 13.5. The van der Waals surface area contributed by atoms with Gasteiger partial charge in [0, 0.05) is 17.9 Å². The topological polar surface area (TPSA) is 77.8 Å². The highest BCUT2D eigenvalue weighted by molar-refractivity contribution is 5.74. The molecule has 2 aliphatic carbocycles. The normalized spacial score (nSPS) is 35.2. The third-order valence-electron chi connectivity index (χ3n) is 9.62. The molecule has 0 heterocycles. The van der Waals surface area contributed by atoms with Crippen molar-refractivity contribution < 1.29 is 20.1 Å². The van der Waals surface area contributed by atoms with Crippen LogP contribution in [0, 0.1) is 28.6 Å². The summed E-state index contributed by atoms with van der Waals surface area (Å²) >= 11 is 0. The van der Waals surface area contributed by atoms with Crippen molar-refractivity contribution in [1.29, 1.82) is 0 Å². The lowest BCUT2D eigenvalue weighted by molar-refractivity contribution is -0.146. The number of aliphatic hydroxyl groups is 3. The average Bonchev–Trinajstić information content (AvgIpc) is 2.80. The average molecular weight is 487 g/mol. The molecule has 1 saturated carbocycles. The van der Waals surface area contributed by atoms with Crippen LogP contribution in [-0.2, 0) is 4.79 Å². The highest BCUT2D eigenvalue weighted by atomic mass is 16.3. The molecule has 0 unspecified atom stereocenters. The van der Waals surface area contributed by atoms with E-state index in [1.807, 2.05) is 13.8 Å². The maximum absolute atomic E-state index is 11.6. The Bertz CT molecular complexity index is 857. The van der Waals surface area contributed by atoms with Crippen LogP contribution in [-0.4, -0.2) is 40.4 Å². The Kier molecular flexibility index (Phi) is 10.3. The maximum Gasteiger partial charge on any atom is 0.145 e. The summed E-state index contributed by atoms with van der Waals surface area (Å²) in [5.74, 6) is 0.922. The van der Waals surface area contributed by atoms with Crippen LogP contribution in [0.1, 0.15) is 93.4 Å². The molecule has 4 nitrogen and oxygen atoms in total. The van der Waals surface area contributed by atoms with Crippen molar-refractivity contribution in [2.75, 3.05) is 13.2 Å². The van der Waals surface area contributed by atoms with Crippen LogP contribution in [0.2, 0.25) is 0 Å². The van der Waals surface area contributed by atoms with Crippen molar-refractivity contribution in [3.8, 4) is 0 Å². The minimum Gasteiger partial charge on any atom is -0.396 e. The molecular formula is C31H50O4. The second kappa shape index (κ2) is 12.2. The van der Waals surface area contributed by atoms with Crippen molar-refractivity contribution in [3.63, 3.8) is 0 Å². The van der Waals surface area contributed by atoms with E-state index in [1.165, 1.54) is 11.1 Å². The van der Waals surface area contributed by atoms with Crippen LogP contribution in [0.25, 0.3) is 0 Å². The van der Waals surface area contributed by atoms with Gasteiger partial charge in [-0.15, -0.1) is 0 Å². The van der Waals surface area contributed by atoms with Crippen LogP contribution in [0.3, 0.4) is 0 Å². The van der Waals surface area contributed by atoms with Crippen LogP contribution in [0.15, 0.2) is 46.6 Å². The predicted octanol–water partition coefficient (Wildman–Crippen LogP) is 6.33. The van der Waals surface area contributed by atoms with Gasteiger partial charge >= 0.3 is 0 Å². The summed E-state index contributed by atoms with van der Waals surface area (Å²) in [5.41, 5.74) is 2.77. The van der Waals surface area contributed by atoms with E-state index in [0.717, 1.165) is 24.7 Å². The number of hydrogen-bond donors (Lipinski definition) is 3. The molecule has 0 aromatic carbocycles. The monoisotopic (exact) mass is 486 g/mol. The van der Waals surface area contributed by atoms with Crippen molar-refractivity contribution >= 4 is 6.29 Å². The smallest absolute Gasteiger partial charge is 0.145 e. The van der Waals surface area contributed by atoms with Gasteiger partial charge in [0.05, 0.1) is 12.2 Å². The second-order valence-electron chi connectivity index (χ2n) is 12.1. The van der Waals surface area contributed by atoms with Gasteiger partial charge in [-0.3, -0.25) is 4.79 Å². The van der Waals surface area contributed by atoms with Crippen molar-refractivity contribution in [2.45, 2.75) is 99.0 Å². The van der Waals surface area contributed by atoms with E-state index < -0.39 is 11.0 Å². The molecule has 0 aromatic heterocycles. The number of allylic oxidation sites excluding steroid dienone is 8. The molecule has 2 aliphatic rings. The molecule has 0 spiro atoms. The van der Waals surface area contributed by atoms with Gasteiger partial charge in [-0.05, 0) is 95.5 Å². The molecule has 0 saturated heterocycles. The minimum atomic E-state index is -1.05. The third-order valence-corrected chi connectivity index (χ3v) is 9.62. The van der Waals surface area contributed by atoms with E-state index in [-0.39, 0.29) is 24.5 Å². The fourth-order valence-corrected chi connectivity index (χ4v) is 6.57. The first-order valence-electron chi connectivity index (χ1n) is 13.5. The van der Waals surface area contributed by atoms with Gasteiger partial charge in [0.2, 0.25) is 0 Å². The lowest BCUT2D eigenvalue weighted by atomic mass is 9.53. The predicted molar refractivity (Wildman–Crippen MR) is 145 cm³/mol. The summed E-state index contributed by atoms with van der Waals surface area (Å²) in [7, 11) is 0. The summed E-state index contributed by atoms with van der Waals surface area (Å²) in [6.45, 7) is 15.0. The SMILES string of the molecule is CC1=CC[C@@H](C)C(C)(C)[C@@H]1/C=C/C(C)=C/CC[C@@]1(CO)[C@H](CCCO)/C(=C(\C)C=O)CC[C@]1(C)O. The molecule has 2 rings (SSSR count). The Morgan fingerprint density at radius 2 is 1.89 bits per heavy atom. The lowest BCUT2D eigenvalue weighted by Crippen LogP contribution is -2.56. The summed E-state index contributed by atoms with van der Waals surface area (Å²) in [4.78, 5) is 11.6. The van der Waals surface area contributed by atoms with Crippen molar-refractivity contribution in [2.24, 2.45) is 28.6 Å². The Labute approximate surface area is 213 Å². The van der Waals surface area contributed by atoms with E-state index in [4.69, 9.17) is 0 Å². The van der Waals surface area contributed by atoms with E-state index in [0.29, 0.717) is 49.5 Å². The Morgan fingerprint density at radius 3 is 2.49 bits per heavy atom. The molecule has 4 heteroatoms. The quantitative estimate of drug-likeness (QED) is 0.146. The maximum atomic E-state index is 11.6. The van der Waals surface area contributed by atoms with E-state index in [9.17, 15) is 20.1 Å². The van der Waals surface area contributed by atoms with Gasteiger partial charge < -0.3 is 15.3 Å². The first kappa shape index (κ1) is 29.7. The van der Waals surface area contributed by atoms with E-state index in [2.05, 4.69) is 58.9 Å². The van der Waals surface area contributed by atoms with Crippen LogP contribution in [0.5, 0.6) is 0 Å². The molecule has 1 fully saturated rings. The molecule has 5 atom stereocenters. The molecular weight excluding hydrogens is 436 g/mol. The fraction of sp³-hybridized carbons (Fsp3) is 0.710. The zero-order chi connectivity index (χ0) is 26.4. The second-order valence-corrected chi connectivity index (χ2v) is 12.1. The zero-order valence-corrected chi connectivity index (χ0v) is 23.2. The molecule has 0 amide bonds. The number of carbonyl (C=O) groups is 1. The largest absolute Gasteiger partial charge is 0.396 e. The van der Waals surface area contributed by atoms with Crippen molar-refractivity contribution in [1.82, 2.24) is 0 Å². The Balaban J connectivity index is 2.28. The fourth-order valence-electron chi connectivity index (χ4n) is 6.57. The minimum absolute atomic E-state index is 0.0569. The molecule has 0 aliphatic heterocycles. The molecule has 0 radical (unpaired) electrons. The first-order chi connectivity index (χ1) is 16.4. The highest BCUT2D eigenvalue weighted by Gasteiger charge is 2.55. The zero-order valence-electron chi connectivity index (χ0n) is 23.2. The van der Waals surface area contributed by atoms with Gasteiger partial charge in [0.15, 0.2) is 0 Å². The van der Waals surface area contributed by atoms with Gasteiger partial charge in [-0.25, -0.2) is 0 Å². The van der Waals surface area contributed by atoms with E-state index in [1.54, 1.807) is 0 Å². The summed E-state index contributed by atoms with van der Waals surface area (Å²) in [5, 5.41) is 31.7. The molecule has 0 bridgehead atoms. The summed E-state index contributed by atoms with van der Waals surface area (Å²) < 4.78 is 0. The number of carbonyl (C=O) groups excluding carboxylic acids is 1. The standard InChI is InChI=1S/C31H50O4/c1-22(12-15-27-23(2)13-14-25(4)29(27,5)6)10-8-17-31(21-34)28(11-9-19-32)26(24(3)20-33)16-18-30(31,7)35/h10,12-13,15,20,25,27-28,32,34-35H,8-9,11,14,16-19,21H2,1-7H3/b15-12+,22-10+,26-24+/t25-,27-,28-,30+,31-/m1/s1. The van der Waals surface area contributed by atoms with Crippen LogP contribution >= 0.6 is 0 Å². The van der Waals surface area contributed by atoms with Gasteiger partial charge in [0.25, 0.3) is 0 Å². The number of aliphatic hydroxyl groups excluding tert-OH is 2. The van der Waals surface area contributed by atoms with Crippen molar-refractivity contribution in [3.05, 3.63) is 46.6 Å². The lowest BCUT2D eigenvalue weighted by Gasteiger charge is -2.54. The molecule has 3 N–H and O–H groups in total.